The van der Waals surface area contributed by atoms with Crippen LogP contribution in [-0.4, -0.2) is 67.0 Å². The van der Waals surface area contributed by atoms with Gasteiger partial charge in [0.2, 0.25) is 0 Å². The smallest absolute Gasteiger partial charge is 0.324 e. The molecule has 5 nitrogen and oxygen atoms in total. The lowest BCUT2D eigenvalue weighted by molar-refractivity contribution is -0.160. The highest BCUT2D eigenvalue weighted by molar-refractivity contribution is 7.99. The highest BCUT2D eigenvalue weighted by atomic mass is 32.2. The number of hydrogen-bond acceptors (Lipinski definition) is 6. The molecule has 2 saturated heterocycles. The van der Waals surface area contributed by atoms with E-state index in [1.807, 2.05) is 20.8 Å². The number of carbonyl (C=O) groups is 1. The fraction of sp³-hybridized carbons (Fsp3) is 0.933. The maximum Gasteiger partial charge on any atom is 0.324 e. The molecule has 7 heteroatoms. The van der Waals surface area contributed by atoms with Crippen molar-refractivity contribution in [1.29, 1.82) is 0 Å². The Balaban J connectivity index is 1.99. The number of ether oxygens (including phenoxy) is 1. The average molecular weight is 350 g/mol. The second kappa shape index (κ2) is 7.09. The lowest BCUT2D eigenvalue weighted by atomic mass is 10.0. The molecule has 128 valence electrons. The summed E-state index contributed by atoms with van der Waals surface area (Å²) in [5, 5.41) is 0. The number of rotatable bonds is 3. The monoisotopic (exact) mass is 349 g/mol. The van der Waals surface area contributed by atoms with Crippen LogP contribution in [0.2, 0.25) is 0 Å². The van der Waals surface area contributed by atoms with Crippen molar-refractivity contribution in [3.8, 4) is 0 Å². The van der Waals surface area contributed by atoms with E-state index in [-0.39, 0.29) is 23.7 Å². The predicted molar refractivity (Wildman–Crippen MR) is 89.9 cm³/mol. The summed E-state index contributed by atoms with van der Waals surface area (Å²) in [6.07, 6.45) is 1.68. The van der Waals surface area contributed by atoms with Crippen molar-refractivity contribution in [2.75, 3.05) is 36.1 Å². The minimum atomic E-state index is -2.90. The van der Waals surface area contributed by atoms with E-state index in [0.717, 1.165) is 30.9 Å². The van der Waals surface area contributed by atoms with Crippen LogP contribution >= 0.6 is 11.8 Å². The fourth-order valence-corrected chi connectivity index (χ4v) is 5.90. The number of nitrogens with zero attached hydrogens (tertiary/aromatic N) is 1. The van der Waals surface area contributed by atoms with Crippen molar-refractivity contribution in [2.24, 2.45) is 5.92 Å². The van der Waals surface area contributed by atoms with Crippen LogP contribution < -0.4 is 0 Å². The molecule has 0 unspecified atom stereocenters. The van der Waals surface area contributed by atoms with E-state index >= 15 is 0 Å². The number of thioether (sulfide) groups is 1. The standard InChI is InChI=1S/C15H27NO4S2/c1-15(2,3)20-14(17)13-10-21-7-6-16(13)9-12-5-4-8-22(18,19)11-12/h12-13H,4-11H2,1-3H3/t12-,13+/m1/s1. The topological polar surface area (TPSA) is 63.7 Å². The van der Waals surface area contributed by atoms with Gasteiger partial charge in [-0.25, -0.2) is 8.42 Å². The average Bonchev–Trinajstić information content (AvgIpc) is 2.36. The second-order valence-electron chi connectivity index (χ2n) is 7.24. The molecule has 0 aliphatic carbocycles. The van der Waals surface area contributed by atoms with Gasteiger partial charge in [-0.2, -0.15) is 11.8 Å². The zero-order valence-corrected chi connectivity index (χ0v) is 15.3. The summed E-state index contributed by atoms with van der Waals surface area (Å²) in [5.41, 5.74) is -0.487. The molecule has 2 atom stereocenters. The highest BCUT2D eigenvalue weighted by Crippen LogP contribution is 2.25. The molecule has 0 radical (unpaired) electrons. The first-order valence-corrected chi connectivity index (χ1v) is 10.9. The Kier molecular flexibility index (Phi) is 5.83. The summed E-state index contributed by atoms with van der Waals surface area (Å²) >= 11 is 1.76. The maximum absolute atomic E-state index is 12.4. The van der Waals surface area contributed by atoms with E-state index in [9.17, 15) is 13.2 Å². The third-order valence-electron chi connectivity index (χ3n) is 3.97. The SMILES string of the molecule is CC(C)(C)OC(=O)[C@@H]1CSCCN1C[C@H]1CCCS(=O)(=O)C1. The van der Waals surface area contributed by atoms with E-state index in [1.165, 1.54) is 0 Å². The Labute approximate surface area is 138 Å². The lowest BCUT2D eigenvalue weighted by Gasteiger charge is -2.38. The Morgan fingerprint density at radius 2 is 2.09 bits per heavy atom. The minimum absolute atomic E-state index is 0.145. The van der Waals surface area contributed by atoms with Crippen LogP contribution in [0.5, 0.6) is 0 Å². The van der Waals surface area contributed by atoms with Crippen LogP contribution in [-0.2, 0) is 19.4 Å². The molecule has 0 aromatic carbocycles. The molecule has 0 spiro atoms. The zero-order valence-electron chi connectivity index (χ0n) is 13.7. The van der Waals surface area contributed by atoms with Crippen LogP contribution in [0.4, 0.5) is 0 Å². The second-order valence-corrected chi connectivity index (χ2v) is 10.6. The minimum Gasteiger partial charge on any atom is -0.459 e. The first-order valence-electron chi connectivity index (χ1n) is 7.91. The van der Waals surface area contributed by atoms with Gasteiger partial charge < -0.3 is 4.74 Å². The third kappa shape index (κ3) is 5.42. The van der Waals surface area contributed by atoms with Crippen molar-refractivity contribution < 1.29 is 17.9 Å². The molecule has 2 rings (SSSR count). The van der Waals surface area contributed by atoms with E-state index in [0.29, 0.717) is 12.3 Å². The molecule has 0 saturated carbocycles. The van der Waals surface area contributed by atoms with E-state index in [4.69, 9.17) is 4.74 Å². The molecule has 0 amide bonds. The van der Waals surface area contributed by atoms with Crippen molar-refractivity contribution in [3.63, 3.8) is 0 Å². The molecule has 2 aliphatic rings. The quantitative estimate of drug-likeness (QED) is 0.721. The fourth-order valence-electron chi connectivity index (χ4n) is 3.04. The van der Waals surface area contributed by atoms with Crippen molar-refractivity contribution >= 4 is 27.6 Å². The Morgan fingerprint density at radius 1 is 1.36 bits per heavy atom. The summed E-state index contributed by atoms with van der Waals surface area (Å²) in [7, 11) is -2.90. The van der Waals surface area contributed by atoms with Gasteiger partial charge >= 0.3 is 5.97 Å². The van der Waals surface area contributed by atoms with Crippen molar-refractivity contribution in [3.05, 3.63) is 0 Å². The molecule has 0 bridgehead atoms. The van der Waals surface area contributed by atoms with Gasteiger partial charge in [-0.05, 0) is 39.5 Å². The molecule has 0 aromatic heterocycles. The Bertz CT molecular complexity index is 498. The summed E-state index contributed by atoms with van der Waals surface area (Å²) in [4.78, 5) is 14.5. The molecule has 0 aromatic rings. The van der Waals surface area contributed by atoms with Gasteiger partial charge in [-0.15, -0.1) is 0 Å². The maximum atomic E-state index is 12.4. The molecule has 2 aliphatic heterocycles. The molecular weight excluding hydrogens is 322 g/mol. The van der Waals surface area contributed by atoms with Crippen LogP contribution in [0, 0.1) is 5.92 Å². The van der Waals surface area contributed by atoms with Gasteiger partial charge in [0.05, 0.1) is 11.5 Å². The van der Waals surface area contributed by atoms with E-state index in [2.05, 4.69) is 4.90 Å². The summed E-state index contributed by atoms with van der Waals surface area (Å²) in [6.45, 7) is 7.13. The van der Waals surface area contributed by atoms with Crippen LogP contribution in [0.25, 0.3) is 0 Å². The first kappa shape index (κ1) is 18.1. The lowest BCUT2D eigenvalue weighted by Crippen LogP contribution is -2.51. The van der Waals surface area contributed by atoms with Crippen LogP contribution in [0.15, 0.2) is 0 Å². The Morgan fingerprint density at radius 3 is 2.73 bits per heavy atom. The number of sulfone groups is 1. The van der Waals surface area contributed by atoms with Gasteiger partial charge in [0.15, 0.2) is 9.84 Å². The van der Waals surface area contributed by atoms with Gasteiger partial charge in [-0.3, -0.25) is 9.69 Å². The third-order valence-corrected chi connectivity index (χ3v) is 6.88. The first-order chi connectivity index (χ1) is 10.2. The zero-order chi connectivity index (χ0) is 16.4. The molecular formula is C15H27NO4S2. The van der Waals surface area contributed by atoms with Crippen LogP contribution in [0.1, 0.15) is 33.6 Å². The summed E-state index contributed by atoms with van der Waals surface area (Å²) in [6, 6.07) is -0.248. The molecule has 2 heterocycles. The van der Waals surface area contributed by atoms with Crippen LogP contribution in [0.3, 0.4) is 0 Å². The predicted octanol–water partition coefficient (Wildman–Crippen LogP) is 1.57. The van der Waals surface area contributed by atoms with Crippen molar-refractivity contribution in [2.45, 2.75) is 45.3 Å². The van der Waals surface area contributed by atoms with Gasteiger partial charge in [-0.1, -0.05) is 0 Å². The summed E-state index contributed by atoms with van der Waals surface area (Å²) in [5.74, 6) is 2.25. The number of esters is 1. The molecule has 0 N–H and O–H groups in total. The number of hydrogen-bond donors (Lipinski definition) is 0. The van der Waals surface area contributed by atoms with E-state index < -0.39 is 15.4 Å². The largest absolute Gasteiger partial charge is 0.459 e. The van der Waals surface area contributed by atoms with E-state index in [1.54, 1.807) is 11.8 Å². The van der Waals surface area contributed by atoms with Gasteiger partial charge in [0.25, 0.3) is 0 Å². The van der Waals surface area contributed by atoms with Gasteiger partial charge in [0, 0.05) is 24.6 Å². The van der Waals surface area contributed by atoms with Crippen molar-refractivity contribution in [1.82, 2.24) is 4.90 Å². The highest BCUT2D eigenvalue weighted by Gasteiger charge is 2.35. The summed E-state index contributed by atoms with van der Waals surface area (Å²) < 4.78 is 29.1. The molecule has 22 heavy (non-hydrogen) atoms. The normalized spacial score (nSPS) is 30.0. The Hall–Kier alpha value is -0.270. The number of carbonyl (C=O) groups excluding carboxylic acids is 1. The van der Waals surface area contributed by atoms with Gasteiger partial charge in [0.1, 0.15) is 11.6 Å². The molecule has 2 fully saturated rings.